The SMILES string of the molecule is Cc1cc(C)c(NC(=O)CSc2ccc(-c3ccc(Cl)cc3)nn2)c(C)c1. The van der Waals surface area contributed by atoms with E-state index < -0.39 is 0 Å². The molecule has 0 bridgehead atoms. The van der Waals surface area contributed by atoms with Crippen molar-refractivity contribution in [2.45, 2.75) is 25.8 Å². The van der Waals surface area contributed by atoms with E-state index >= 15 is 0 Å². The first-order valence-electron chi connectivity index (χ1n) is 8.52. The van der Waals surface area contributed by atoms with Crippen LogP contribution in [0, 0.1) is 20.8 Å². The number of anilines is 1. The van der Waals surface area contributed by atoms with Gasteiger partial charge in [-0.1, -0.05) is 53.2 Å². The van der Waals surface area contributed by atoms with Crippen molar-refractivity contribution in [1.29, 1.82) is 0 Å². The molecule has 138 valence electrons. The molecule has 0 saturated carbocycles. The second-order valence-electron chi connectivity index (χ2n) is 6.37. The molecule has 2 aromatic carbocycles. The number of carbonyl (C=O) groups excluding carboxylic acids is 1. The van der Waals surface area contributed by atoms with Crippen LogP contribution in [0.4, 0.5) is 5.69 Å². The van der Waals surface area contributed by atoms with E-state index in [1.165, 1.54) is 17.3 Å². The molecule has 0 radical (unpaired) electrons. The van der Waals surface area contributed by atoms with Gasteiger partial charge in [0.1, 0.15) is 5.03 Å². The monoisotopic (exact) mass is 397 g/mol. The quantitative estimate of drug-likeness (QED) is 0.581. The second-order valence-corrected chi connectivity index (χ2v) is 7.81. The van der Waals surface area contributed by atoms with Gasteiger partial charge >= 0.3 is 0 Å². The zero-order valence-corrected chi connectivity index (χ0v) is 17.0. The van der Waals surface area contributed by atoms with Gasteiger partial charge < -0.3 is 5.32 Å². The number of hydrogen-bond acceptors (Lipinski definition) is 4. The maximum atomic E-state index is 12.3. The van der Waals surface area contributed by atoms with E-state index in [0.717, 1.165) is 28.1 Å². The largest absolute Gasteiger partial charge is 0.325 e. The molecule has 1 aromatic heterocycles. The first-order valence-corrected chi connectivity index (χ1v) is 9.89. The Morgan fingerprint density at radius 3 is 2.26 bits per heavy atom. The standard InChI is InChI=1S/C21H20ClN3OS/c1-13-10-14(2)21(15(3)11-13)23-19(26)12-27-20-9-8-18(24-25-20)16-4-6-17(22)7-5-16/h4-11H,12H2,1-3H3,(H,23,26). The van der Waals surface area contributed by atoms with E-state index in [9.17, 15) is 4.79 Å². The van der Waals surface area contributed by atoms with Crippen LogP contribution in [0.25, 0.3) is 11.3 Å². The van der Waals surface area contributed by atoms with E-state index in [4.69, 9.17) is 11.6 Å². The zero-order chi connectivity index (χ0) is 19.4. The van der Waals surface area contributed by atoms with Crippen molar-refractivity contribution in [3.8, 4) is 11.3 Å². The van der Waals surface area contributed by atoms with E-state index in [0.29, 0.717) is 10.0 Å². The minimum Gasteiger partial charge on any atom is -0.325 e. The van der Waals surface area contributed by atoms with Crippen molar-refractivity contribution in [1.82, 2.24) is 10.2 Å². The molecule has 0 saturated heterocycles. The molecule has 1 amide bonds. The van der Waals surface area contributed by atoms with Crippen LogP contribution in [0.15, 0.2) is 53.6 Å². The van der Waals surface area contributed by atoms with Crippen molar-refractivity contribution in [3.05, 3.63) is 70.2 Å². The summed E-state index contributed by atoms with van der Waals surface area (Å²) in [6.07, 6.45) is 0. The maximum Gasteiger partial charge on any atom is 0.234 e. The molecule has 0 unspecified atom stereocenters. The molecule has 3 rings (SSSR count). The van der Waals surface area contributed by atoms with Crippen LogP contribution in [-0.2, 0) is 4.79 Å². The summed E-state index contributed by atoms with van der Waals surface area (Å²) < 4.78 is 0. The van der Waals surface area contributed by atoms with Crippen molar-refractivity contribution in [3.63, 3.8) is 0 Å². The van der Waals surface area contributed by atoms with Crippen LogP contribution < -0.4 is 5.32 Å². The van der Waals surface area contributed by atoms with E-state index in [1.54, 1.807) is 0 Å². The number of carbonyl (C=O) groups is 1. The Morgan fingerprint density at radius 2 is 1.67 bits per heavy atom. The van der Waals surface area contributed by atoms with Crippen molar-refractivity contribution < 1.29 is 4.79 Å². The topological polar surface area (TPSA) is 54.9 Å². The maximum absolute atomic E-state index is 12.3. The highest BCUT2D eigenvalue weighted by Gasteiger charge is 2.10. The van der Waals surface area contributed by atoms with Gasteiger partial charge in [0.25, 0.3) is 0 Å². The predicted molar refractivity (Wildman–Crippen MR) is 112 cm³/mol. The lowest BCUT2D eigenvalue weighted by Gasteiger charge is -2.12. The molecule has 0 spiro atoms. The van der Waals surface area contributed by atoms with Gasteiger partial charge in [-0.25, -0.2) is 0 Å². The summed E-state index contributed by atoms with van der Waals surface area (Å²) in [6, 6.07) is 15.3. The fourth-order valence-corrected chi connectivity index (χ4v) is 3.60. The minimum absolute atomic E-state index is 0.0568. The lowest BCUT2D eigenvalue weighted by atomic mass is 10.1. The second kappa shape index (κ2) is 8.55. The summed E-state index contributed by atoms with van der Waals surface area (Å²) in [5, 5.41) is 12.8. The van der Waals surface area contributed by atoms with Crippen LogP contribution >= 0.6 is 23.4 Å². The Balaban J connectivity index is 1.60. The van der Waals surface area contributed by atoms with Crippen LogP contribution in [-0.4, -0.2) is 21.9 Å². The van der Waals surface area contributed by atoms with E-state index in [-0.39, 0.29) is 11.7 Å². The summed E-state index contributed by atoms with van der Waals surface area (Å²) in [6.45, 7) is 6.06. The number of rotatable bonds is 5. The highest BCUT2D eigenvalue weighted by Crippen LogP contribution is 2.24. The summed E-state index contributed by atoms with van der Waals surface area (Å²) in [5.41, 5.74) is 5.93. The fraction of sp³-hybridized carbons (Fsp3) is 0.190. The average Bonchev–Trinajstić information content (AvgIpc) is 2.64. The molecule has 1 N–H and O–H groups in total. The summed E-state index contributed by atoms with van der Waals surface area (Å²) >= 11 is 7.27. The van der Waals surface area contributed by atoms with Gasteiger partial charge in [-0.15, -0.1) is 10.2 Å². The number of hydrogen-bond donors (Lipinski definition) is 1. The van der Waals surface area contributed by atoms with Crippen molar-refractivity contribution >= 4 is 35.0 Å². The molecular formula is C21H20ClN3OS. The Kier molecular flexibility index (Phi) is 6.14. The normalized spacial score (nSPS) is 10.7. The molecule has 0 aliphatic heterocycles. The number of thioether (sulfide) groups is 1. The van der Waals surface area contributed by atoms with Crippen molar-refractivity contribution in [2.75, 3.05) is 11.1 Å². The Labute approximate surface area is 168 Å². The number of benzene rings is 2. The molecule has 0 atom stereocenters. The van der Waals surface area contributed by atoms with Crippen LogP contribution in [0.3, 0.4) is 0 Å². The van der Waals surface area contributed by atoms with Gasteiger partial charge in [0, 0.05) is 16.3 Å². The summed E-state index contributed by atoms with van der Waals surface area (Å²) in [7, 11) is 0. The van der Waals surface area contributed by atoms with E-state index in [1.807, 2.05) is 57.2 Å². The minimum atomic E-state index is -0.0568. The number of aryl methyl sites for hydroxylation is 3. The predicted octanol–water partition coefficient (Wildman–Crippen LogP) is 5.45. The molecule has 6 heteroatoms. The molecule has 1 heterocycles. The van der Waals surface area contributed by atoms with Crippen molar-refractivity contribution in [2.24, 2.45) is 0 Å². The van der Waals surface area contributed by atoms with Gasteiger partial charge in [-0.2, -0.15) is 0 Å². The third-order valence-corrected chi connectivity index (χ3v) is 5.24. The first-order chi connectivity index (χ1) is 12.9. The smallest absolute Gasteiger partial charge is 0.234 e. The number of aromatic nitrogens is 2. The van der Waals surface area contributed by atoms with Crippen LogP contribution in [0.5, 0.6) is 0 Å². The first kappa shape index (κ1) is 19.4. The fourth-order valence-electron chi connectivity index (χ4n) is 2.86. The van der Waals surface area contributed by atoms with Crippen LogP contribution in [0.1, 0.15) is 16.7 Å². The van der Waals surface area contributed by atoms with E-state index in [2.05, 4.69) is 27.6 Å². The molecule has 0 fully saturated rings. The third-order valence-electron chi connectivity index (χ3n) is 4.07. The van der Waals surface area contributed by atoms with Gasteiger partial charge in [0.15, 0.2) is 0 Å². The Bertz CT molecular complexity index is 933. The lowest BCUT2D eigenvalue weighted by molar-refractivity contribution is -0.113. The van der Waals surface area contributed by atoms with Gasteiger partial charge in [0.2, 0.25) is 5.91 Å². The molecule has 27 heavy (non-hydrogen) atoms. The number of nitrogens with one attached hydrogen (secondary N) is 1. The number of amides is 1. The van der Waals surface area contributed by atoms with Gasteiger partial charge in [-0.05, 0) is 56.2 Å². The highest BCUT2D eigenvalue weighted by atomic mass is 35.5. The van der Waals surface area contributed by atoms with Gasteiger partial charge in [0.05, 0.1) is 11.4 Å². The average molecular weight is 398 g/mol. The summed E-state index contributed by atoms with van der Waals surface area (Å²) in [4.78, 5) is 12.3. The third kappa shape index (κ3) is 5.08. The molecule has 3 aromatic rings. The lowest BCUT2D eigenvalue weighted by Crippen LogP contribution is -2.16. The number of halogens is 1. The summed E-state index contributed by atoms with van der Waals surface area (Å²) in [5.74, 6) is 0.223. The Hall–Kier alpha value is -2.37. The van der Waals surface area contributed by atoms with Crippen LogP contribution in [0.2, 0.25) is 5.02 Å². The molecule has 0 aliphatic carbocycles. The zero-order valence-electron chi connectivity index (χ0n) is 15.4. The molecule has 0 aliphatic rings. The Morgan fingerprint density at radius 1 is 1.00 bits per heavy atom. The molecule has 4 nitrogen and oxygen atoms in total. The number of nitrogens with zero attached hydrogens (tertiary/aromatic N) is 2. The molecular weight excluding hydrogens is 378 g/mol. The highest BCUT2D eigenvalue weighted by molar-refractivity contribution is 7.99. The van der Waals surface area contributed by atoms with Gasteiger partial charge in [-0.3, -0.25) is 4.79 Å².